The average Bonchev–Trinajstić information content (AvgIpc) is 3.97. The summed E-state index contributed by atoms with van der Waals surface area (Å²) in [5.74, 6) is 0. The van der Waals surface area contributed by atoms with E-state index in [1.54, 1.807) is 0 Å². The number of rotatable bonds is 4. The van der Waals surface area contributed by atoms with Crippen LogP contribution in [0.4, 0.5) is 17.1 Å². The van der Waals surface area contributed by atoms with E-state index in [-0.39, 0.29) is 5.41 Å². The molecular formula is C61H37NS. The lowest BCUT2D eigenvalue weighted by Crippen LogP contribution is -2.25. The van der Waals surface area contributed by atoms with Gasteiger partial charge in [-0.3, -0.25) is 0 Å². The third kappa shape index (κ3) is 4.87. The molecule has 0 aliphatic heterocycles. The molecule has 0 fully saturated rings. The van der Waals surface area contributed by atoms with Crippen LogP contribution in [-0.4, -0.2) is 0 Å². The van der Waals surface area contributed by atoms with Gasteiger partial charge in [0.05, 0.1) is 5.41 Å². The molecule has 0 atom stereocenters. The first-order valence-corrected chi connectivity index (χ1v) is 22.6. The highest BCUT2D eigenvalue weighted by atomic mass is 32.1. The molecule has 0 saturated carbocycles. The van der Waals surface area contributed by atoms with Gasteiger partial charge in [0.25, 0.3) is 0 Å². The van der Waals surface area contributed by atoms with Crippen molar-refractivity contribution in [2.45, 2.75) is 5.41 Å². The van der Waals surface area contributed by atoms with Crippen molar-refractivity contribution in [2.24, 2.45) is 0 Å². The summed E-state index contributed by atoms with van der Waals surface area (Å²) in [6.45, 7) is 0. The topological polar surface area (TPSA) is 3.24 Å². The number of nitrogens with zero attached hydrogens (tertiary/aromatic N) is 1. The first-order valence-electron chi connectivity index (χ1n) is 21.8. The van der Waals surface area contributed by atoms with E-state index in [1.165, 1.54) is 108 Å². The van der Waals surface area contributed by atoms with Gasteiger partial charge in [-0.2, -0.15) is 0 Å². The first kappa shape index (κ1) is 34.9. The van der Waals surface area contributed by atoms with Gasteiger partial charge in [-0.1, -0.05) is 176 Å². The van der Waals surface area contributed by atoms with Crippen LogP contribution in [0.15, 0.2) is 224 Å². The molecule has 0 saturated heterocycles. The summed E-state index contributed by atoms with van der Waals surface area (Å²) < 4.78 is 2.60. The average molecular weight is 816 g/mol. The van der Waals surface area contributed by atoms with Gasteiger partial charge < -0.3 is 4.90 Å². The number of fused-ring (bicyclic) bond motifs is 17. The predicted molar refractivity (Wildman–Crippen MR) is 268 cm³/mol. The number of hydrogen-bond donors (Lipinski definition) is 0. The van der Waals surface area contributed by atoms with Crippen LogP contribution in [-0.2, 0) is 5.41 Å². The SMILES string of the molecule is c1ccc2c(c1)-c1ccccc1C21c2ccccc2-c2ccc(-c3cc4c5ccc(N(c6ccc7ccccc7c6)c6ccc7ccccc7c6)cc5sc4c4ccccc34)cc21. The van der Waals surface area contributed by atoms with E-state index in [4.69, 9.17) is 0 Å². The van der Waals surface area contributed by atoms with Crippen LogP contribution in [0, 0.1) is 0 Å². The van der Waals surface area contributed by atoms with Crippen molar-refractivity contribution < 1.29 is 0 Å². The van der Waals surface area contributed by atoms with Gasteiger partial charge in [0.1, 0.15) is 0 Å². The summed E-state index contributed by atoms with van der Waals surface area (Å²) in [4.78, 5) is 2.42. The molecule has 292 valence electrons. The normalized spacial score (nSPS) is 13.2. The monoisotopic (exact) mass is 815 g/mol. The quantitative estimate of drug-likeness (QED) is 0.171. The van der Waals surface area contributed by atoms with Gasteiger partial charge >= 0.3 is 0 Å². The van der Waals surface area contributed by atoms with Gasteiger partial charge in [0.15, 0.2) is 0 Å². The third-order valence-corrected chi connectivity index (χ3v) is 15.2. The maximum absolute atomic E-state index is 2.53. The Balaban J connectivity index is 0.972. The smallest absolute Gasteiger partial charge is 0.0725 e. The Bertz CT molecular complexity index is 3750. The fourth-order valence-electron chi connectivity index (χ4n) is 11.3. The minimum Gasteiger partial charge on any atom is -0.310 e. The summed E-state index contributed by atoms with van der Waals surface area (Å²) in [5, 5.41) is 10.1. The van der Waals surface area contributed by atoms with Crippen molar-refractivity contribution in [2.75, 3.05) is 4.90 Å². The van der Waals surface area contributed by atoms with Crippen molar-refractivity contribution in [3.63, 3.8) is 0 Å². The third-order valence-electron chi connectivity index (χ3n) is 14.0. The molecule has 0 bridgehead atoms. The summed E-state index contributed by atoms with van der Waals surface area (Å²) in [6.07, 6.45) is 0. The van der Waals surface area contributed by atoms with Crippen LogP contribution in [0.2, 0.25) is 0 Å². The van der Waals surface area contributed by atoms with Crippen LogP contribution < -0.4 is 4.90 Å². The van der Waals surface area contributed by atoms with E-state index in [2.05, 4.69) is 229 Å². The second kappa shape index (κ2) is 13.1. The molecular weight excluding hydrogens is 779 g/mol. The van der Waals surface area contributed by atoms with E-state index in [9.17, 15) is 0 Å². The molecule has 1 heterocycles. The summed E-state index contributed by atoms with van der Waals surface area (Å²) in [6, 6.07) is 84.1. The molecule has 12 aromatic rings. The first-order chi connectivity index (χ1) is 31.2. The predicted octanol–water partition coefficient (Wildman–Crippen LogP) is 17.0. The number of hydrogen-bond acceptors (Lipinski definition) is 2. The largest absolute Gasteiger partial charge is 0.310 e. The molecule has 0 unspecified atom stereocenters. The van der Waals surface area contributed by atoms with Crippen molar-refractivity contribution in [3.8, 4) is 33.4 Å². The second-order valence-corrected chi connectivity index (χ2v) is 18.2. The molecule has 1 spiro atoms. The van der Waals surface area contributed by atoms with E-state index in [0.717, 1.165) is 17.1 Å². The Morgan fingerprint density at radius 1 is 0.302 bits per heavy atom. The lowest BCUT2D eigenvalue weighted by Gasteiger charge is -2.30. The Labute approximate surface area is 369 Å². The highest BCUT2D eigenvalue weighted by Crippen LogP contribution is 2.63. The van der Waals surface area contributed by atoms with Gasteiger partial charge in [-0.25, -0.2) is 0 Å². The maximum atomic E-state index is 2.53. The van der Waals surface area contributed by atoms with E-state index < -0.39 is 0 Å². The minimum absolute atomic E-state index is 0.386. The summed E-state index contributed by atoms with van der Waals surface area (Å²) in [5.41, 5.74) is 16.3. The molecule has 2 aliphatic rings. The highest BCUT2D eigenvalue weighted by molar-refractivity contribution is 7.26. The molecule has 14 rings (SSSR count). The Hall–Kier alpha value is -7.78. The molecule has 2 heteroatoms. The zero-order valence-corrected chi connectivity index (χ0v) is 35.0. The number of anilines is 3. The number of thiophene rings is 1. The lowest BCUT2D eigenvalue weighted by molar-refractivity contribution is 0.794. The molecule has 2 aliphatic carbocycles. The standard InChI is InChI=1S/C61H37NS/c1-3-15-40-33-43(28-25-38(40)13-1)62(44-29-26-39-14-2-4-16-41(39)34-44)45-30-32-51-54-37-53(46-17-5-6-21-52(46)60(54)63-59(51)36-45)42-27-31-50-49-20-9-12-24-57(49)61(58(50)35-42)55-22-10-7-18-47(55)48-19-8-11-23-56(48)61/h1-37H. The second-order valence-electron chi connectivity index (χ2n) is 17.2. The fraction of sp³-hybridized carbons (Fsp3) is 0.0164. The molecule has 0 radical (unpaired) electrons. The molecule has 11 aromatic carbocycles. The van der Waals surface area contributed by atoms with Crippen LogP contribution in [0.5, 0.6) is 0 Å². The lowest BCUT2D eigenvalue weighted by atomic mass is 9.70. The molecule has 0 N–H and O–H groups in total. The summed E-state index contributed by atoms with van der Waals surface area (Å²) in [7, 11) is 0. The van der Waals surface area contributed by atoms with Crippen molar-refractivity contribution in [1.82, 2.24) is 0 Å². The Kier molecular flexibility index (Phi) is 7.26. The molecule has 1 nitrogen and oxygen atoms in total. The Morgan fingerprint density at radius 3 is 1.41 bits per heavy atom. The highest BCUT2D eigenvalue weighted by Gasteiger charge is 2.51. The molecule has 0 amide bonds. The van der Waals surface area contributed by atoms with Gasteiger partial charge in [0.2, 0.25) is 0 Å². The van der Waals surface area contributed by atoms with Crippen LogP contribution in [0.1, 0.15) is 22.3 Å². The van der Waals surface area contributed by atoms with Crippen molar-refractivity contribution in [3.05, 3.63) is 247 Å². The van der Waals surface area contributed by atoms with Gasteiger partial charge in [-0.15, -0.1) is 11.3 Å². The molecule has 1 aromatic heterocycles. The zero-order valence-electron chi connectivity index (χ0n) is 34.2. The van der Waals surface area contributed by atoms with E-state index in [0.29, 0.717) is 0 Å². The summed E-state index contributed by atoms with van der Waals surface area (Å²) >= 11 is 1.91. The van der Waals surface area contributed by atoms with E-state index in [1.807, 2.05) is 11.3 Å². The molecule has 63 heavy (non-hydrogen) atoms. The van der Waals surface area contributed by atoms with Gasteiger partial charge in [-0.05, 0) is 131 Å². The van der Waals surface area contributed by atoms with Crippen LogP contribution >= 0.6 is 11.3 Å². The number of benzene rings is 11. The van der Waals surface area contributed by atoms with Crippen molar-refractivity contribution in [1.29, 1.82) is 0 Å². The zero-order chi connectivity index (χ0) is 41.2. The van der Waals surface area contributed by atoms with Gasteiger partial charge in [0, 0.05) is 42.6 Å². The fourth-order valence-corrected chi connectivity index (χ4v) is 12.6. The van der Waals surface area contributed by atoms with Crippen molar-refractivity contribution >= 4 is 80.9 Å². The minimum atomic E-state index is -0.386. The van der Waals surface area contributed by atoms with Crippen LogP contribution in [0.3, 0.4) is 0 Å². The van der Waals surface area contributed by atoms with Crippen LogP contribution in [0.25, 0.3) is 85.9 Å². The Morgan fingerprint density at radius 2 is 0.794 bits per heavy atom. The maximum Gasteiger partial charge on any atom is 0.0725 e. The van der Waals surface area contributed by atoms with E-state index >= 15 is 0 Å².